The number of rotatable bonds is 7. The average Bonchev–Trinajstić information content (AvgIpc) is 3.24. The Morgan fingerprint density at radius 3 is 2.76 bits per heavy atom. The minimum Gasteiger partial charge on any atom is -0.496 e. The molecule has 0 saturated carbocycles. The van der Waals surface area contributed by atoms with Gasteiger partial charge in [-0.05, 0) is 35.9 Å². The molecule has 7 nitrogen and oxygen atoms in total. The molecule has 1 amide bonds. The number of nitrogens with one attached hydrogen (secondary N) is 2. The van der Waals surface area contributed by atoms with Gasteiger partial charge in [0.25, 0.3) is 5.91 Å². The average molecular weight is 391 g/mol. The number of carbonyl (C=O) groups excluding carboxylic acids is 1. The number of amides is 1. The standard InChI is InChI=1S/C22H21N3O4/c1-27-19-5-3-2-4-16(19)12-23-17-7-8-18(24-13-17)22(26)25-11-15-6-9-20-21(10-15)29-14-28-20/h2-10,13,23H,11-12,14H2,1H3,(H,25,26). The lowest BCUT2D eigenvalue weighted by molar-refractivity contribution is 0.0946. The van der Waals surface area contributed by atoms with Crippen LogP contribution in [0.3, 0.4) is 0 Å². The molecule has 1 aliphatic heterocycles. The summed E-state index contributed by atoms with van der Waals surface area (Å²) in [6.45, 7) is 1.21. The third-order valence-corrected chi connectivity index (χ3v) is 4.56. The molecular weight excluding hydrogens is 370 g/mol. The Morgan fingerprint density at radius 1 is 1.07 bits per heavy atom. The predicted octanol–water partition coefficient (Wildman–Crippen LogP) is 3.36. The molecule has 0 atom stereocenters. The lowest BCUT2D eigenvalue weighted by Crippen LogP contribution is -2.23. The summed E-state index contributed by atoms with van der Waals surface area (Å²) in [6, 6.07) is 16.9. The number of aromatic nitrogens is 1. The van der Waals surface area contributed by atoms with Crippen molar-refractivity contribution in [2.45, 2.75) is 13.1 Å². The minimum absolute atomic E-state index is 0.229. The van der Waals surface area contributed by atoms with Crippen LogP contribution in [0.15, 0.2) is 60.8 Å². The Kier molecular flexibility index (Phi) is 5.47. The van der Waals surface area contributed by atoms with Crippen molar-refractivity contribution >= 4 is 11.6 Å². The number of methoxy groups -OCH3 is 1. The van der Waals surface area contributed by atoms with Gasteiger partial charge in [0.05, 0.1) is 19.0 Å². The maximum atomic E-state index is 12.4. The van der Waals surface area contributed by atoms with Crippen LogP contribution in [0.5, 0.6) is 17.2 Å². The van der Waals surface area contributed by atoms with Crippen LogP contribution in [-0.2, 0) is 13.1 Å². The first-order valence-electron chi connectivity index (χ1n) is 9.21. The fourth-order valence-corrected chi connectivity index (χ4v) is 3.00. The second-order valence-corrected chi connectivity index (χ2v) is 6.47. The van der Waals surface area contributed by atoms with Crippen molar-refractivity contribution in [3.8, 4) is 17.2 Å². The van der Waals surface area contributed by atoms with Gasteiger partial charge in [-0.2, -0.15) is 0 Å². The van der Waals surface area contributed by atoms with Crippen LogP contribution in [-0.4, -0.2) is 24.8 Å². The summed E-state index contributed by atoms with van der Waals surface area (Å²) in [6.07, 6.45) is 1.64. The molecule has 0 bridgehead atoms. The van der Waals surface area contributed by atoms with E-state index in [1.807, 2.05) is 48.5 Å². The summed E-state index contributed by atoms with van der Waals surface area (Å²) in [7, 11) is 1.65. The zero-order valence-corrected chi connectivity index (χ0v) is 16.0. The van der Waals surface area contributed by atoms with Gasteiger partial charge in [0, 0.05) is 18.7 Å². The molecule has 4 rings (SSSR count). The van der Waals surface area contributed by atoms with E-state index in [0.717, 1.165) is 28.3 Å². The number of hydrogen-bond acceptors (Lipinski definition) is 6. The Bertz CT molecular complexity index is 1010. The molecule has 2 heterocycles. The number of pyridine rings is 1. The second kappa shape index (κ2) is 8.52. The molecule has 2 N–H and O–H groups in total. The van der Waals surface area contributed by atoms with E-state index in [1.165, 1.54) is 0 Å². The van der Waals surface area contributed by atoms with Gasteiger partial charge in [0.15, 0.2) is 11.5 Å². The Hall–Kier alpha value is -3.74. The predicted molar refractivity (Wildman–Crippen MR) is 108 cm³/mol. The van der Waals surface area contributed by atoms with Crippen LogP contribution in [0.4, 0.5) is 5.69 Å². The van der Waals surface area contributed by atoms with E-state index in [0.29, 0.717) is 24.5 Å². The number of benzene rings is 2. The molecule has 0 fully saturated rings. The lowest BCUT2D eigenvalue weighted by Gasteiger charge is -2.10. The summed E-state index contributed by atoms with van der Waals surface area (Å²) in [4.78, 5) is 16.6. The smallest absolute Gasteiger partial charge is 0.270 e. The van der Waals surface area contributed by atoms with Crippen molar-refractivity contribution in [2.75, 3.05) is 19.2 Å². The SMILES string of the molecule is COc1ccccc1CNc1ccc(C(=O)NCc2ccc3c(c2)OCO3)nc1. The van der Waals surface area contributed by atoms with Gasteiger partial charge in [-0.3, -0.25) is 4.79 Å². The zero-order chi connectivity index (χ0) is 20.1. The zero-order valence-electron chi connectivity index (χ0n) is 16.0. The van der Waals surface area contributed by atoms with Crippen LogP contribution in [0.25, 0.3) is 0 Å². The van der Waals surface area contributed by atoms with E-state index in [4.69, 9.17) is 14.2 Å². The Morgan fingerprint density at radius 2 is 1.93 bits per heavy atom. The lowest BCUT2D eigenvalue weighted by atomic mass is 10.2. The van der Waals surface area contributed by atoms with E-state index in [-0.39, 0.29) is 12.7 Å². The fourth-order valence-electron chi connectivity index (χ4n) is 3.00. The van der Waals surface area contributed by atoms with Gasteiger partial charge in [-0.15, -0.1) is 0 Å². The van der Waals surface area contributed by atoms with Crippen molar-refractivity contribution in [2.24, 2.45) is 0 Å². The fraction of sp³-hybridized carbons (Fsp3) is 0.182. The number of anilines is 1. The number of hydrogen-bond donors (Lipinski definition) is 2. The highest BCUT2D eigenvalue weighted by atomic mass is 16.7. The first-order valence-corrected chi connectivity index (χ1v) is 9.21. The van der Waals surface area contributed by atoms with E-state index < -0.39 is 0 Å². The summed E-state index contributed by atoms with van der Waals surface area (Å²) in [5, 5.41) is 6.15. The van der Waals surface area contributed by atoms with Crippen LogP contribution >= 0.6 is 0 Å². The van der Waals surface area contributed by atoms with E-state index >= 15 is 0 Å². The molecule has 0 unspecified atom stereocenters. The van der Waals surface area contributed by atoms with Crippen LogP contribution in [0, 0.1) is 0 Å². The van der Waals surface area contributed by atoms with Gasteiger partial charge < -0.3 is 24.8 Å². The van der Waals surface area contributed by atoms with Crippen molar-refractivity contribution in [1.29, 1.82) is 0 Å². The molecule has 0 saturated heterocycles. The van der Waals surface area contributed by atoms with E-state index in [2.05, 4.69) is 15.6 Å². The molecule has 148 valence electrons. The molecule has 1 aliphatic rings. The van der Waals surface area contributed by atoms with Crippen molar-refractivity contribution in [1.82, 2.24) is 10.3 Å². The second-order valence-electron chi connectivity index (χ2n) is 6.47. The molecule has 0 spiro atoms. The van der Waals surface area contributed by atoms with Gasteiger partial charge >= 0.3 is 0 Å². The summed E-state index contributed by atoms with van der Waals surface area (Å²) >= 11 is 0. The molecule has 2 aromatic carbocycles. The number of ether oxygens (including phenoxy) is 3. The van der Waals surface area contributed by atoms with Gasteiger partial charge in [0.2, 0.25) is 6.79 Å². The highest BCUT2D eigenvalue weighted by Gasteiger charge is 2.14. The molecule has 1 aromatic heterocycles. The first kappa shape index (κ1) is 18.6. The minimum atomic E-state index is -0.237. The Balaban J connectivity index is 1.32. The van der Waals surface area contributed by atoms with Gasteiger partial charge in [-0.25, -0.2) is 4.98 Å². The molecule has 3 aromatic rings. The number of carbonyl (C=O) groups is 1. The normalized spacial score (nSPS) is 11.8. The number of nitrogens with zero attached hydrogens (tertiary/aromatic N) is 1. The highest BCUT2D eigenvalue weighted by molar-refractivity contribution is 5.92. The van der Waals surface area contributed by atoms with Crippen molar-refractivity contribution in [3.05, 3.63) is 77.6 Å². The molecular formula is C22H21N3O4. The first-order chi connectivity index (χ1) is 14.2. The maximum absolute atomic E-state index is 12.4. The summed E-state index contributed by atoms with van der Waals surface area (Å²) < 4.78 is 16.0. The third kappa shape index (κ3) is 4.40. The number of fused-ring (bicyclic) bond motifs is 1. The quantitative estimate of drug-likeness (QED) is 0.643. The van der Waals surface area contributed by atoms with Crippen molar-refractivity contribution < 1.29 is 19.0 Å². The van der Waals surface area contributed by atoms with E-state index in [1.54, 1.807) is 19.4 Å². The summed E-state index contributed by atoms with van der Waals surface area (Å²) in [5.41, 5.74) is 3.15. The molecule has 0 aliphatic carbocycles. The topological polar surface area (TPSA) is 81.7 Å². The highest BCUT2D eigenvalue weighted by Crippen LogP contribution is 2.32. The van der Waals surface area contributed by atoms with Gasteiger partial charge in [-0.1, -0.05) is 24.3 Å². The van der Waals surface area contributed by atoms with Crippen LogP contribution < -0.4 is 24.8 Å². The van der Waals surface area contributed by atoms with E-state index in [9.17, 15) is 4.79 Å². The summed E-state index contributed by atoms with van der Waals surface area (Å²) in [5.74, 6) is 2.00. The molecule has 29 heavy (non-hydrogen) atoms. The third-order valence-electron chi connectivity index (χ3n) is 4.56. The van der Waals surface area contributed by atoms with Gasteiger partial charge in [0.1, 0.15) is 11.4 Å². The van der Waals surface area contributed by atoms with Crippen LogP contribution in [0.1, 0.15) is 21.6 Å². The monoisotopic (exact) mass is 391 g/mol. The largest absolute Gasteiger partial charge is 0.496 e. The number of para-hydroxylation sites is 1. The molecule has 0 radical (unpaired) electrons. The Labute approximate surface area is 168 Å². The maximum Gasteiger partial charge on any atom is 0.270 e. The molecule has 7 heteroatoms. The van der Waals surface area contributed by atoms with Crippen LogP contribution in [0.2, 0.25) is 0 Å². The van der Waals surface area contributed by atoms with Crippen molar-refractivity contribution in [3.63, 3.8) is 0 Å².